The Morgan fingerprint density at radius 2 is 2.30 bits per heavy atom. The minimum Gasteiger partial charge on any atom is -0.314 e. The van der Waals surface area contributed by atoms with Gasteiger partial charge in [0.15, 0.2) is 0 Å². The molecular weight excluding hydrogens is 323 g/mol. The number of aryl methyl sites for hydroxylation is 1. The van der Waals surface area contributed by atoms with Crippen LogP contribution >= 0.6 is 15.9 Å². The zero-order chi connectivity index (χ0) is 14.1. The van der Waals surface area contributed by atoms with E-state index >= 15 is 0 Å². The molecule has 0 amide bonds. The largest absolute Gasteiger partial charge is 0.314 e. The number of nitrogens with zero attached hydrogens (tertiary/aromatic N) is 3. The lowest BCUT2D eigenvalue weighted by Gasteiger charge is -2.14. The average molecular weight is 339 g/mol. The van der Waals surface area contributed by atoms with Crippen LogP contribution in [0, 0.1) is 5.82 Å². The van der Waals surface area contributed by atoms with E-state index in [1.165, 1.54) is 6.07 Å². The van der Waals surface area contributed by atoms with E-state index in [0.29, 0.717) is 11.0 Å². The SMILES string of the molecule is CC(NCc1ccc(Br)c(F)c1)c1nnc2n1CCC2. The first-order valence-corrected chi connectivity index (χ1v) is 7.54. The molecule has 1 aliphatic heterocycles. The van der Waals surface area contributed by atoms with E-state index in [9.17, 15) is 4.39 Å². The van der Waals surface area contributed by atoms with Gasteiger partial charge in [0.2, 0.25) is 0 Å². The Morgan fingerprint density at radius 1 is 1.45 bits per heavy atom. The Morgan fingerprint density at radius 3 is 3.10 bits per heavy atom. The van der Waals surface area contributed by atoms with E-state index in [-0.39, 0.29) is 11.9 Å². The van der Waals surface area contributed by atoms with E-state index in [4.69, 9.17) is 0 Å². The van der Waals surface area contributed by atoms with Gasteiger partial charge in [-0.25, -0.2) is 4.39 Å². The van der Waals surface area contributed by atoms with Crippen molar-refractivity contribution in [2.45, 2.75) is 38.9 Å². The molecule has 3 rings (SSSR count). The summed E-state index contributed by atoms with van der Waals surface area (Å²) >= 11 is 3.16. The molecule has 1 atom stereocenters. The summed E-state index contributed by atoms with van der Waals surface area (Å²) in [4.78, 5) is 0. The molecule has 0 saturated carbocycles. The van der Waals surface area contributed by atoms with Crippen molar-refractivity contribution in [3.8, 4) is 0 Å². The van der Waals surface area contributed by atoms with Gasteiger partial charge in [-0.3, -0.25) is 0 Å². The van der Waals surface area contributed by atoms with Gasteiger partial charge in [0.25, 0.3) is 0 Å². The number of rotatable bonds is 4. The van der Waals surface area contributed by atoms with Crippen molar-refractivity contribution in [2.24, 2.45) is 0 Å². The van der Waals surface area contributed by atoms with Crippen LogP contribution in [0.2, 0.25) is 0 Å². The standard InChI is InChI=1S/C14H16BrFN4/c1-9(14-19-18-13-3-2-6-20(13)14)17-8-10-4-5-11(15)12(16)7-10/h4-5,7,9,17H,2-3,6,8H2,1H3. The van der Waals surface area contributed by atoms with Gasteiger partial charge >= 0.3 is 0 Å². The smallest absolute Gasteiger partial charge is 0.149 e. The van der Waals surface area contributed by atoms with E-state index in [2.05, 4.69) is 42.9 Å². The van der Waals surface area contributed by atoms with E-state index in [1.807, 2.05) is 6.07 Å². The molecule has 1 aromatic carbocycles. The quantitative estimate of drug-likeness (QED) is 0.931. The van der Waals surface area contributed by atoms with Crippen molar-refractivity contribution >= 4 is 15.9 Å². The molecule has 1 aliphatic rings. The second kappa shape index (κ2) is 5.61. The highest BCUT2D eigenvalue weighted by atomic mass is 79.9. The normalized spacial score (nSPS) is 15.3. The second-order valence-electron chi connectivity index (χ2n) is 5.08. The van der Waals surface area contributed by atoms with E-state index < -0.39 is 0 Å². The molecule has 0 radical (unpaired) electrons. The third-order valence-corrected chi connectivity index (χ3v) is 4.26. The third-order valence-electron chi connectivity index (χ3n) is 3.62. The molecule has 1 N–H and O–H groups in total. The van der Waals surface area contributed by atoms with Gasteiger partial charge in [0.1, 0.15) is 17.5 Å². The first-order valence-electron chi connectivity index (χ1n) is 6.74. The van der Waals surface area contributed by atoms with Crippen molar-refractivity contribution in [3.05, 3.63) is 45.7 Å². The van der Waals surface area contributed by atoms with Crippen LogP contribution in [0.4, 0.5) is 4.39 Å². The van der Waals surface area contributed by atoms with Crippen molar-refractivity contribution in [3.63, 3.8) is 0 Å². The maximum Gasteiger partial charge on any atom is 0.149 e. The molecule has 2 heterocycles. The molecule has 20 heavy (non-hydrogen) atoms. The summed E-state index contributed by atoms with van der Waals surface area (Å²) in [6.07, 6.45) is 2.15. The van der Waals surface area contributed by atoms with Gasteiger partial charge in [-0.2, -0.15) is 0 Å². The number of nitrogens with one attached hydrogen (secondary N) is 1. The number of hydrogen-bond donors (Lipinski definition) is 1. The molecule has 0 saturated heterocycles. The van der Waals surface area contributed by atoms with Crippen LogP contribution in [0.1, 0.15) is 36.6 Å². The molecule has 4 nitrogen and oxygen atoms in total. The highest BCUT2D eigenvalue weighted by Crippen LogP contribution is 2.20. The van der Waals surface area contributed by atoms with Crippen LogP contribution in [0.3, 0.4) is 0 Å². The minimum absolute atomic E-state index is 0.0982. The lowest BCUT2D eigenvalue weighted by Crippen LogP contribution is -2.21. The number of aromatic nitrogens is 3. The Kier molecular flexibility index (Phi) is 3.85. The second-order valence-corrected chi connectivity index (χ2v) is 5.94. The fourth-order valence-electron chi connectivity index (χ4n) is 2.51. The zero-order valence-electron chi connectivity index (χ0n) is 11.2. The van der Waals surface area contributed by atoms with Gasteiger partial charge < -0.3 is 9.88 Å². The lowest BCUT2D eigenvalue weighted by molar-refractivity contribution is 0.514. The number of fused-ring (bicyclic) bond motifs is 1. The highest BCUT2D eigenvalue weighted by molar-refractivity contribution is 9.10. The first-order chi connectivity index (χ1) is 9.65. The van der Waals surface area contributed by atoms with Crippen LogP contribution in [0.15, 0.2) is 22.7 Å². The Bertz CT molecular complexity index is 626. The van der Waals surface area contributed by atoms with Crippen LogP contribution in [-0.2, 0) is 19.5 Å². The van der Waals surface area contributed by atoms with Gasteiger partial charge in [0, 0.05) is 19.5 Å². The van der Waals surface area contributed by atoms with Gasteiger partial charge in [-0.05, 0) is 47.0 Å². The number of halogens is 2. The van der Waals surface area contributed by atoms with Gasteiger partial charge in [0.05, 0.1) is 10.5 Å². The van der Waals surface area contributed by atoms with Gasteiger partial charge in [-0.1, -0.05) is 6.07 Å². The van der Waals surface area contributed by atoms with Crippen molar-refractivity contribution in [1.82, 2.24) is 20.1 Å². The Labute approximate surface area is 125 Å². The molecule has 0 aliphatic carbocycles. The summed E-state index contributed by atoms with van der Waals surface area (Å²) in [5.74, 6) is 1.80. The predicted molar refractivity (Wildman–Crippen MR) is 77.7 cm³/mol. The fraction of sp³-hybridized carbons (Fsp3) is 0.429. The van der Waals surface area contributed by atoms with E-state index in [1.54, 1.807) is 6.07 Å². The van der Waals surface area contributed by atoms with E-state index in [0.717, 1.165) is 36.6 Å². The van der Waals surface area contributed by atoms with Crippen LogP contribution in [0.5, 0.6) is 0 Å². The highest BCUT2D eigenvalue weighted by Gasteiger charge is 2.20. The Hall–Kier alpha value is -1.27. The van der Waals surface area contributed by atoms with Crippen LogP contribution in [0.25, 0.3) is 0 Å². The molecule has 2 aromatic rings. The first kappa shape index (κ1) is 13.7. The average Bonchev–Trinajstić information content (AvgIpc) is 3.02. The summed E-state index contributed by atoms with van der Waals surface area (Å²) in [7, 11) is 0. The molecule has 1 unspecified atom stereocenters. The maximum atomic E-state index is 13.5. The fourth-order valence-corrected chi connectivity index (χ4v) is 2.75. The van der Waals surface area contributed by atoms with Crippen LogP contribution in [-0.4, -0.2) is 14.8 Å². The predicted octanol–water partition coefficient (Wildman–Crippen LogP) is 2.98. The lowest BCUT2D eigenvalue weighted by atomic mass is 10.2. The molecule has 0 bridgehead atoms. The number of benzene rings is 1. The molecular formula is C14H16BrFN4. The summed E-state index contributed by atoms with van der Waals surface area (Å²) in [5, 5.41) is 11.8. The summed E-state index contributed by atoms with van der Waals surface area (Å²) in [6, 6.07) is 5.27. The molecule has 1 aromatic heterocycles. The van der Waals surface area contributed by atoms with Gasteiger partial charge in [-0.15, -0.1) is 10.2 Å². The molecule has 0 spiro atoms. The van der Waals surface area contributed by atoms with Crippen molar-refractivity contribution in [1.29, 1.82) is 0 Å². The van der Waals surface area contributed by atoms with Crippen molar-refractivity contribution in [2.75, 3.05) is 0 Å². The summed E-state index contributed by atoms with van der Waals surface area (Å²) < 4.78 is 16.1. The van der Waals surface area contributed by atoms with Crippen molar-refractivity contribution < 1.29 is 4.39 Å². The molecule has 0 fully saturated rings. The minimum atomic E-state index is -0.236. The third kappa shape index (κ3) is 2.62. The monoisotopic (exact) mass is 338 g/mol. The topological polar surface area (TPSA) is 42.7 Å². The summed E-state index contributed by atoms with van der Waals surface area (Å²) in [5.41, 5.74) is 0.915. The zero-order valence-corrected chi connectivity index (χ0v) is 12.8. The maximum absolute atomic E-state index is 13.5. The molecule has 6 heteroatoms. The Balaban J connectivity index is 1.67. The van der Waals surface area contributed by atoms with Crippen LogP contribution < -0.4 is 5.32 Å². The summed E-state index contributed by atoms with van der Waals surface area (Å²) in [6.45, 7) is 3.66. The number of hydrogen-bond acceptors (Lipinski definition) is 3. The molecule has 106 valence electrons.